The van der Waals surface area contributed by atoms with Crippen LogP contribution in [-0.2, 0) is 33.7 Å². The van der Waals surface area contributed by atoms with E-state index in [-0.39, 0.29) is 6.29 Å². The molecule has 146 valence electrons. The summed E-state index contributed by atoms with van der Waals surface area (Å²) in [5.41, 5.74) is 3.74. The lowest BCUT2D eigenvalue weighted by atomic mass is 10.1. The molecular weight excluding hydrogens is 340 g/mol. The fourth-order valence-electron chi connectivity index (χ4n) is 3.20. The number of hydrogen-bond acceptors (Lipinski definition) is 4. The molecule has 1 aliphatic rings. The van der Waals surface area contributed by atoms with Gasteiger partial charge in [0, 0.05) is 6.61 Å². The molecule has 0 amide bonds. The van der Waals surface area contributed by atoms with Crippen LogP contribution in [0.5, 0.6) is 5.75 Å². The highest BCUT2D eigenvalue weighted by Crippen LogP contribution is 2.15. The van der Waals surface area contributed by atoms with Crippen molar-refractivity contribution in [3.63, 3.8) is 0 Å². The molecule has 4 heteroatoms. The summed E-state index contributed by atoms with van der Waals surface area (Å²) in [6.45, 7) is 2.87. The molecule has 1 atom stereocenters. The maximum atomic E-state index is 5.85. The maximum absolute atomic E-state index is 5.85. The van der Waals surface area contributed by atoms with E-state index in [1.807, 2.05) is 12.1 Å². The van der Waals surface area contributed by atoms with E-state index >= 15 is 0 Å². The summed E-state index contributed by atoms with van der Waals surface area (Å²) >= 11 is 0. The molecule has 1 heterocycles. The maximum Gasteiger partial charge on any atom is 0.157 e. The number of ether oxygens (including phenoxy) is 4. The Hall–Kier alpha value is -1.88. The van der Waals surface area contributed by atoms with Crippen LogP contribution in [-0.4, -0.2) is 33.2 Å². The van der Waals surface area contributed by atoms with Crippen molar-refractivity contribution in [3.05, 3.63) is 65.2 Å². The predicted molar refractivity (Wildman–Crippen MR) is 106 cm³/mol. The molecular formula is C23H30O4. The lowest BCUT2D eigenvalue weighted by Crippen LogP contribution is -2.23. The van der Waals surface area contributed by atoms with Gasteiger partial charge in [0.15, 0.2) is 6.29 Å². The summed E-state index contributed by atoms with van der Waals surface area (Å²) < 4.78 is 22.5. The highest BCUT2D eigenvalue weighted by atomic mass is 16.7. The van der Waals surface area contributed by atoms with Gasteiger partial charge in [0.1, 0.15) is 5.75 Å². The molecule has 0 bridgehead atoms. The minimum Gasteiger partial charge on any atom is -0.497 e. The molecule has 0 saturated carbocycles. The van der Waals surface area contributed by atoms with E-state index < -0.39 is 0 Å². The molecule has 0 radical (unpaired) electrons. The van der Waals surface area contributed by atoms with Crippen LogP contribution in [0.15, 0.2) is 48.5 Å². The van der Waals surface area contributed by atoms with E-state index in [1.54, 1.807) is 7.11 Å². The van der Waals surface area contributed by atoms with E-state index in [9.17, 15) is 0 Å². The Balaban J connectivity index is 1.35. The molecule has 0 N–H and O–H groups in total. The smallest absolute Gasteiger partial charge is 0.157 e. The fourth-order valence-corrected chi connectivity index (χ4v) is 3.20. The normalized spacial score (nSPS) is 17.0. The van der Waals surface area contributed by atoms with Crippen LogP contribution in [0.4, 0.5) is 0 Å². The SMILES string of the molecule is COc1ccc(CCOCc2cccc(CCOC3CCCCO3)c2)cc1. The van der Waals surface area contributed by atoms with Crippen LogP contribution in [0.25, 0.3) is 0 Å². The average molecular weight is 370 g/mol. The first-order valence-electron chi connectivity index (χ1n) is 9.85. The van der Waals surface area contributed by atoms with Crippen molar-refractivity contribution in [2.75, 3.05) is 26.9 Å². The first-order chi connectivity index (χ1) is 13.3. The van der Waals surface area contributed by atoms with Crippen LogP contribution < -0.4 is 4.74 Å². The van der Waals surface area contributed by atoms with E-state index in [4.69, 9.17) is 18.9 Å². The van der Waals surface area contributed by atoms with Gasteiger partial charge in [0.05, 0.1) is 26.9 Å². The molecule has 27 heavy (non-hydrogen) atoms. The molecule has 3 rings (SSSR count). The van der Waals surface area contributed by atoms with Gasteiger partial charge in [0.2, 0.25) is 0 Å². The Morgan fingerprint density at radius 2 is 1.74 bits per heavy atom. The number of benzene rings is 2. The van der Waals surface area contributed by atoms with Crippen LogP contribution in [0.1, 0.15) is 36.0 Å². The van der Waals surface area contributed by atoms with Gasteiger partial charge in [-0.3, -0.25) is 0 Å². The molecule has 1 saturated heterocycles. The molecule has 2 aromatic rings. The van der Waals surface area contributed by atoms with Crippen molar-refractivity contribution in [1.29, 1.82) is 0 Å². The van der Waals surface area contributed by atoms with Gasteiger partial charge in [-0.2, -0.15) is 0 Å². The van der Waals surface area contributed by atoms with Gasteiger partial charge in [-0.1, -0.05) is 36.4 Å². The van der Waals surface area contributed by atoms with E-state index in [2.05, 4.69) is 36.4 Å². The number of hydrogen-bond donors (Lipinski definition) is 0. The van der Waals surface area contributed by atoms with Crippen LogP contribution in [0.2, 0.25) is 0 Å². The zero-order valence-electron chi connectivity index (χ0n) is 16.2. The van der Waals surface area contributed by atoms with E-state index in [0.717, 1.165) is 38.0 Å². The van der Waals surface area contributed by atoms with Crippen molar-refractivity contribution >= 4 is 0 Å². The van der Waals surface area contributed by atoms with Gasteiger partial charge >= 0.3 is 0 Å². The molecule has 0 aromatic heterocycles. The monoisotopic (exact) mass is 370 g/mol. The van der Waals surface area contributed by atoms with E-state index in [0.29, 0.717) is 19.8 Å². The Bertz CT molecular complexity index is 662. The Labute approximate surface area is 162 Å². The van der Waals surface area contributed by atoms with Gasteiger partial charge in [-0.25, -0.2) is 0 Å². The van der Waals surface area contributed by atoms with Crippen LogP contribution in [0.3, 0.4) is 0 Å². The van der Waals surface area contributed by atoms with Crippen LogP contribution >= 0.6 is 0 Å². The second kappa shape index (κ2) is 11.1. The summed E-state index contributed by atoms with van der Waals surface area (Å²) in [4.78, 5) is 0. The second-order valence-corrected chi connectivity index (χ2v) is 6.89. The molecule has 0 spiro atoms. The highest BCUT2D eigenvalue weighted by molar-refractivity contribution is 5.27. The predicted octanol–water partition coefficient (Wildman–Crippen LogP) is 4.54. The van der Waals surface area contributed by atoms with Gasteiger partial charge < -0.3 is 18.9 Å². The molecule has 1 fully saturated rings. The second-order valence-electron chi connectivity index (χ2n) is 6.89. The van der Waals surface area contributed by atoms with E-state index in [1.165, 1.54) is 23.1 Å². The summed E-state index contributed by atoms with van der Waals surface area (Å²) in [6.07, 6.45) is 5.16. The molecule has 1 unspecified atom stereocenters. The summed E-state index contributed by atoms with van der Waals surface area (Å²) in [7, 11) is 1.68. The summed E-state index contributed by atoms with van der Waals surface area (Å²) in [5, 5.41) is 0. The molecule has 0 aliphatic carbocycles. The zero-order valence-corrected chi connectivity index (χ0v) is 16.2. The average Bonchev–Trinajstić information content (AvgIpc) is 2.73. The minimum atomic E-state index is -0.0109. The van der Waals surface area contributed by atoms with Crippen molar-refractivity contribution < 1.29 is 18.9 Å². The number of methoxy groups -OCH3 is 1. The molecule has 4 nitrogen and oxygen atoms in total. The lowest BCUT2D eigenvalue weighted by molar-refractivity contribution is -0.161. The standard InChI is InChI=1S/C23H30O4/c1-24-22-10-8-19(9-11-22)12-15-25-18-21-6-4-5-20(17-21)13-16-27-23-7-2-3-14-26-23/h4-6,8-11,17,23H,2-3,7,12-16,18H2,1H3. The van der Waals surface area contributed by atoms with Crippen LogP contribution in [0, 0.1) is 0 Å². The summed E-state index contributed by atoms with van der Waals surface area (Å²) in [6, 6.07) is 16.7. The van der Waals surface area contributed by atoms with Crippen molar-refractivity contribution in [2.24, 2.45) is 0 Å². The Kier molecular flexibility index (Phi) is 8.15. The third-order valence-electron chi connectivity index (χ3n) is 4.79. The van der Waals surface area contributed by atoms with Gasteiger partial charge in [-0.15, -0.1) is 0 Å². The highest BCUT2D eigenvalue weighted by Gasteiger charge is 2.13. The van der Waals surface area contributed by atoms with Crippen molar-refractivity contribution in [3.8, 4) is 5.75 Å². The molecule has 1 aliphatic heterocycles. The largest absolute Gasteiger partial charge is 0.497 e. The minimum absolute atomic E-state index is 0.0109. The topological polar surface area (TPSA) is 36.9 Å². The van der Waals surface area contributed by atoms with Gasteiger partial charge in [0.25, 0.3) is 0 Å². The summed E-state index contributed by atoms with van der Waals surface area (Å²) in [5.74, 6) is 0.885. The zero-order chi connectivity index (χ0) is 18.7. The van der Waals surface area contributed by atoms with Gasteiger partial charge in [-0.05, 0) is 60.9 Å². The molecule has 2 aromatic carbocycles. The van der Waals surface area contributed by atoms with Crippen molar-refractivity contribution in [2.45, 2.75) is 45.0 Å². The lowest BCUT2D eigenvalue weighted by Gasteiger charge is -2.22. The van der Waals surface area contributed by atoms with Crippen molar-refractivity contribution in [1.82, 2.24) is 0 Å². The number of rotatable bonds is 10. The quantitative estimate of drug-likeness (QED) is 0.576. The Morgan fingerprint density at radius 3 is 2.52 bits per heavy atom. The third kappa shape index (κ3) is 6.98. The first kappa shape index (κ1) is 19.9. The Morgan fingerprint density at radius 1 is 0.926 bits per heavy atom. The third-order valence-corrected chi connectivity index (χ3v) is 4.79. The fraction of sp³-hybridized carbons (Fsp3) is 0.478. The first-order valence-corrected chi connectivity index (χ1v) is 9.85.